The number of ether oxygens (including phenoxy) is 1. The summed E-state index contributed by atoms with van der Waals surface area (Å²) >= 11 is 3.27. The van der Waals surface area contributed by atoms with Crippen LogP contribution in [0.4, 0.5) is 21.9 Å². The molecule has 28 heavy (non-hydrogen) atoms. The molecule has 142 valence electrons. The number of carbonyl (C=O) groups excluding carboxylic acids is 1. The standard InChI is InChI=1S/C20H16BrN3O4/c21-24(15-4-2-1-3-5-15)19(25)13-6-11-18(17(22)12-13)28-16-9-7-14(8-10-16)23-20(26)27/h1-12,23H,22H2,(H,26,27). The van der Waals surface area contributed by atoms with E-state index in [4.69, 9.17) is 15.6 Å². The Morgan fingerprint density at radius 3 is 2.29 bits per heavy atom. The summed E-state index contributed by atoms with van der Waals surface area (Å²) in [5.41, 5.74) is 7.85. The Hall–Kier alpha value is -3.52. The number of hydrogen-bond acceptors (Lipinski definition) is 4. The molecule has 8 heteroatoms. The number of carbonyl (C=O) groups is 2. The third-order valence-corrected chi connectivity index (χ3v) is 4.48. The molecule has 0 aliphatic rings. The van der Waals surface area contributed by atoms with Gasteiger partial charge in [-0.2, -0.15) is 0 Å². The first kappa shape index (κ1) is 19.2. The van der Waals surface area contributed by atoms with Crippen LogP contribution < -0.4 is 19.7 Å². The van der Waals surface area contributed by atoms with Gasteiger partial charge >= 0.3 is 6.09 Å². The van der Waals surface area contributed by atoms with E-state index < -0.39 is 6.09 Å². The lowest BCUT2D eigenvalue weighted by molar-refractivity contribution is 0.101. The smallest absolute Gasteiger partial charge is 0.409 e. The zero-order chi connectivity index (χ0) is 20.1. The van der Waals surface area contributed by atoms with Gasteiger partial charge in [0.1, 0.15) is 11.5 Å². The summed E-state index contributed by atoms with van der Waals surface area (Å²) in [4.78, 5) is 23.2. The van der Waals surface area contributed by atoms with Gasteiger partial charge in [0.2, 0.25) is 0 Å². The van der Waals surface area contributed by atoms with Gasteiger partial charge in [0.15, 0.2) is 0 Å². The molecule has 0 unspecified atom stereocenters. The Bertz CT molecular complexity index is 994. The van der Waals surface area contributed by atoms with Crippen molar-refractivity contribution in [1.29, 1.82) is 0 Å². The molecule has 0 saturated heterocycles. The molecule has 0 radical (unpaired) electrons. The second-order valence-corrected chi connectivity index (χ2v) is 6.44. The van der Waals surface area contributed by atoms with Gasteiger partial charge in [-0.25, -0.2) is 8.72 Å². The van der Waals surface area contributed by atoms with Crippen LogP contribution in [0.3, 0.4) is 0 Å². The van der Waals surface area contributed by atoms with E-state index in [2.05, 4.69) is 21.5 Å². The first-order chi connectivity index (χ1) is 13.4. The molecule has 0 aliphatic carbocycles. The monoisotopic (exact) mass is 441 g/mol. The second kappa shape index (κ2) is 8.45. The van der Waals surface area contributed by atoms with Crippen LogP contribution in [0.1, 0.15) is 10.4 Å². The number of halogens is 1. The van der Waals surface area contributed by atoms with Crippen molar-refractivity contribution >= 4 is 45.2 Å². The number of para-hydroxylation sites is 1. The van der Waals surface area contributed by atoms with Crippen LogP contribution in [0, 0.1) is 0 Å². The van der Waals surface area contributed by atoms with Crippen molar-refractivity contribution in [3.63, 3.8) is 0 Å². The molecule has 3 rings (SSSR count). The van der Waals surface area contributed by atoms with Gasteiger partial charge in [0.05, 0.1) is 27.5 Å². The predicted molar refractivity (Wildman–Crippen MR) is 111 cm³/mol. The normalized spacial score (nSPS) is 10.2. The van der Waals surface area contributed by atoms with Gasteiger partial charge < -0.3 is 15.6 Å². The SMILES string of the molecule is Nc1cc(C(=O)N(Br)c2ccccc2)ccc1Oc1ccc(NC(=O)O)cc1. The van der Waals surface area contributed by atoms with Crippen LogP contribution in [0.15, 0.2) is 72.8 Å². The van der Waals surface area contributed by atoms with Crippen LogP contribution >= 0.6 is 16.1 Å². The van der Waals surface area contributed by atoms with Crippen LogP contribution in [0.5, 0.6) is 11.5 Å². The van der Waals surface area contributed by atoms with Crippen LogP contribution in [0.25, 0.3) is 0 Å². The fraction of sp³-hybridized carbons (Fsp3) is 0. The van der Waals surface area contributed by atoms with Gasteiger partial charge in [0.25, 0.3) is 5.91 Å². The highest BCUT2D eigenvalue weighted by Gasteiger charge is 2.16. The average molecular weight is 442 g/mol. The number of nitrogen functional groups attached to an aromatic ring is 1. The molecule has 0 aliphatic heterocycles. The highest BCUT2D eigenvalue weighted by atomic mass is 79.9. The third-order valence-electron chi connectivity index (χ3n) is 3.75. The predicted octanol–water partition coefficient (Wildman–Crippen LogP) is 5.11. The Kier molecular flexibility index (Phi) is 5.81. The van der Waals surface area contributed by atoms with Gasteiger partial charge in [-0.1, -0.05) is 18.2 Å². The largest absolute Gasteiger partial charge is 0.465 e. The van der Waals surface area contributed by atoms with Crippen molar-refractivity contribution in [2.45, 2.75) is 0 Å². The zero-order valence-corrected chi connectivity index (χ0v) is 16.1. The average Bonchev–Trinajstić information content (AvgIpc) is 2.70. The number of hydrogen-bond donors (Lipinski definition) is 3. The second-order valence-electron chi connectivity index (χ2n) is 5.73. The zero-order valence-electron chi connectivity index (χ0n) is 14.5. The minimum atomic E-state index is -1.14. The molecule has 0 saturated carbocycles. The molecule has 3 aromatic carbocycles. The third kappa shape index (κ3) is 4.60. The molecule has 0 spiro atoms. The van der Waals surface area contributed by atoms with E-state index >= 15 is 0 Å². The number of nitrogens with zero attached hydrogens (tertiary/aromatic N) is 1. The Morgan fingerprint density at radius 1 is 1.00 bits per heavy atom. The molecule has 2 amide bonds. The van der Waals surface area contributed by atoms with Gasteiger partial charge in [0, 0.05) is 11.3 Å². The molecule has 7 nitrogen and oxygen atoms in total. The summed E-state index contributed by atoms with van der Waals surface area (Å²) in [7, 11) is 0. The first-order valence-electron chi connectivity index (χ1n) is 8.17. The summed E-state index contributed by atoms with van der Waals surface area (Å²) in [6.07, 6.45) is -1.14. The van der Waals surface area contributed by atoms with Crippen molar-refractivity contribution < 1.29 is 19.4 Å². The molecular weight excluding hydrogens is 426 g/mol. The van der Waals surface area contributed by atoms with Gasteiger partial charge in [-0.05, 0) is 54.6 Å². The van der Waals surface area contributed by atoms with Crippen molar-refractivity contribution in [3.8, 4) is 11.5 Å². The Morgan fingerprint density at radius 2 is 1.68 bits per heavy atom. The fourth-order valence-corrected chi connectivity index (χ4v) is 2.86. The Labute approximate surface area is 169 Å². The molecule has 0 atom stereocenters. The van der Waals surface area contributed by atoms with Crippen molar-refractivity contribution in [2.75, 3.05) is 15.0 Å². The van der Waals surface area contributed by atoms with Crippen LogP contribution in [-0.2, 0) is 0 Å². The number of benzene rings is 3. The summed E-state index contributed by atoms with van der Waals surface area (Å²) < 4.78 is 7.07. The maximum Gasteiger partial charge on any atom is 0.409 e. The van der Waals surface area contributed by atoms with E-state index in [-0.39, 0.29) is 5.91 Å². The van der Waals surface area contributed by atoms with Crippen LogP contribution in [-0.4, -0.2) is 17.1 Å². The van der Waals surface area contributed by atoms with E-state index in [0.717, 1.165) is 0 Å². The minimum absolute atomic E-state index is 0.270. The van der Waals surface area contributed by atoms with Crippen molar-refractivity contribution in [3.05, 3.63) is 78.4 Å². The minimum Gasteiger partial charge on any atom is -0.465 e. The van der Waals surface area contributed by atoms with E-state index in [0.29, 0.717) is 34.1 Å². The van der Waals surface area contributed by atoms with E-state index in [9.17, 15) is 9.59 Å². The lowest BCUT2D eigenvalue weighted by atomic mass is 10.1. The molecule has 0 aromatic heterocycles. The maximum absolute atomic E-state index is 12.6. The molecule has 3 aromatic rings. The maximum atomic E-state index is 12.6. The lowest BCUT2D eigenvalue weighted by Crippen LogP contribution is -2.20. The quantitative estimate of drug-likeness (QED) is 0.376. The van der Waals surface area contributed by atoms with E-state index in [1.807, 2.05) is 18.2 Å². The molecule has 4 N–H and O–H groups in total. The fourth-order valence-electron chi connectivity index (χ4n) is 2.42. The molecule has 0 heterocycles. The summed E-state index contributed by atoms with van der Waals surface area (Å²) in [6.45, 7) is 0. The van der Waals surface area contributed by atoms with E-state index in [1.165, 1.54) is 9.99 Å². The number of nitrogens with one attached hydrogen (secondary N) is 1. The number of anilines is 3. The topological polar surface area (TPSA) is 105 Å². The van der Waals surface area contributed by atoms with Crippen LogP contribution in [0.2, 0.25) is 0 Å². The van der Waals surface area contributed by atoms with Crippen molar-refractivity contribution in [2.24, 2.45) is 0 Å². The van der Waals surface area contributed by atoms with Gasteiger partial charge in [-0.3, -0.25) is 10.1 Å². The number of amides is 2. The highest BCUT2D eigenvalue weighted by molar-refractivity contribution is 9.10. The number of rotatable bonds is 5. The lowest BCUT2D eigenvalue weighted by Gasteiger charge is -2.15. The number of carboxylic acid groups (broad SMARTS) is 1. The first-order valence-corrected chi connectivity index (χ1v) is 8.87. The molecular formula is C20H16BrN3O4. The molecule has 0 bridgehead atoms. The molecule has 0 fully saturated rings. The van der Waals surface area contributed by atoms with Gasteiger partial charge in [-0.15, -0.1) is 0 Å². The highest BCUT2D eigenvalue weighted by Crippen LogP contribution is 2.30. The Balaban J connectivity index is 1.73. The van der Waals surface area contributed by atoms with E-state index in [1.54, 1.807) is 48.5 Å². The number of nitrogens with two attached hydrogens (primary N) is 1. The summed E-state index contributed by atoms with van der Waals surface area (Å²) in [5.74, 6) is 0.595. The summed E-state index contributed by atoms with van der Waals surface area (Å²) in [5, 5.41) is 10.9. The van der Waals surface area contributed by atoms with Crippen molar-refractivity contribution in [1.82, 2.24) is 0 Å². The summed E-state index contributed by atoms with van der Waals surface area (Å²) in [6, 6.07) is 20.3.